The molecule has 0 unspecified atom stereocenters. The van der Waals surface area contributed by atoms with Crippen LogP contribution < -0.4 is 10.6 Å². The fourth-order valence-electron chi connectivity index (χ4n) is 2.51. The molecule has 0 spiro atoms. The smallest absolute Gasteiger partial charge is 0.318 e. The topological polar surface area (TPSA) is 74.3 Å². The lowest BCUT2D eigenvalue weighted by Crippen LogP contribution is -2.45. The van der Waals surface area contributed by atoms with E-state index in [1.165, 1.54) is 16.9 Å². The molecule has 0 saturated heterocycles. The molecule has 6 nitrogen and oxygen atoms in total. The molecule has 3 rings (SSSR count). The van der Waals surface area contributed by atoms with E-state index in [9.17, 15) is 9.59 Å². The van der Waals surface area contributed by atoms with Crippen LogP contribution in [0.3, 0.4) is 0 Å². The maximum atomic E-state index is 12.2. The first-order valence-corrected chi connectivity index (χ1v) is 8.25. The van der Waals surface area contributed by atoms with E-state index in [1.807, 2.05) is 25.1 Å². The Bertz CT molecular complexity index is 728. The normalized spacial score (nSPS) is 13.3. The van der Waals surface area contributed by atoms with Crippen LogP contribution in [0.5, 0.6) is 0 Å². The Hall–Kier alpha value is -2.41. The van der Waals surface area contributed by atoms with Crippen molar-refractivity contribution in [3.05, 3.63) is 46.5 Å². The summed E-state index contributed by atoms with van der Waals surface area (Å²) in [5.41, 5.74) is 2.45. The Morgan fingerprint density at radius 2 is 2.09 bits per heavy atom. The van der Waals surface area contributed by atoms with Crippen LogP contribution in [0.2, 0.25) is 0 Å². The summed E-state index contributed by atoms with van der Waals surface area (Å²) in [6.07, 6.45) is 2.54. The highest BCUT2D eigenvalue weighted by Gasteiger charge is 2.20. The lowest BCUT2D eigenvalue weighted by Gasteiger charge is -2.28. The molecule has 2 heterocycles. The second-order valence-corrected chi connectivity index (χ2v) is 6.66. The molecule has 2 N–H and O–H groups in total. The summed E-state index contributed by atoms with van der Waals surface area (Å²) in [5, 5.41) is 5.88. The highest BCUT2D eigenvalue weighted by Crippen LogP contribution is 2.18. The van der Waals surface area contributed by atoms with Gasteiger partial charge in [-0.25, -0.2) is 9.78 Å². The number of anilines is 1. The van der Waals surface area contributed by atoms with E-state index in [2.05, 4.69) is 21.7 Å². The average Bonchev–Trinajstić information content (AvgIpc) is 2.97. The lowest BCUT2D eigenvalue weighted by molar-refractivity contribution is -0.115. The highest BCUT2D eigenvalue weighted by molar-refractivity contribution is 7.15. The SMILES string of the molecule is Cc1cnc(NC(=O)CNC(=O)N2CCc3ccccc3C2)s1. The molecule has 1 aliphatic rings. The van der Waals surface area contributed by atoms with Crippen LogP contribution in [0.25, 0.3) is 0 Å². The molecule has 120 valence electrons. The Morgan fingerprint density at radius 3 is 2.83 bits per heavy atom. The summed E-state index contributed by atoms with van der Waals surface area (Å²) in [5.74, 6) is -0.273. The van der Waals surface area contributed by atoms with Crippen LogP contribution in [-0.4, -0.2) is 34.9 Å². The molecule has 0 bridgehead atoms. The number of rotatable bonds is 3. The molecule has 0 atom stereocenters. The molecule has 23 heavy (non-hydrogen) atoms. The van der Waals surface area contributed by atoms with E-state index < -0.39 is 0 Å². The van der Waals surface area contributed by atoms with Gasteiger partial charge in [-0.15, -0.1) is 11.3 Å². The van der Waals surface area contributed by atoms with E-state index in [0.717, 1.165) is 16.9 Å². The molecule has 0 saturated carbocycles. The fraction of sp³-hybridized carbons (Fsp3) is 0.312. The average molecular weight is 330 g/mol. The van der Waals surface area contributed by atoms with Gasteiger partial charge in [-0.2, -0.15) is 0 Å². The Morgan fingerprint density at radius 1 is 1.30 bits per heavy atom. The van der Waals surface area contributed by atoms with Gasteiger partial charge in [0.05, 0.1) is 6.54 Å². The number of benzene rings is 1. The van der Waals surface area contributed by atoms with Crippen LogP contribution in [0.4, 0.5) is 9.93 Å². The third-order valence-corrected chi connectivity index (χ3v) is 4.51. The lowest BCUT2D eigenvalue weighted by atomic mass is 10.0. The summed E-state index contributed by atoms with van der Waals surface area (Å²) in [4.78, 5) is 30.8. The molecule has 1 aliphatic heterocycles. The molecular formula is C16H18N4O2S. The summed E-state index contributed by atoms with van der Waals surface area (Å²) >= 11 is 1.40. The van der Waals surface area contributed by atoms with Crippen molar-refractivity contribution in [2.24, 2.45) is 0 Å². The number of aromatic nitrogens is 1. The van der Waals surface area contributed by atoms with Crippen LogP contribution in [0.15, 0.2) is 30.5 Å². The summed E-state index contributed by atoms with van der Waals surface area (Å²) in [6, 6.07) is 7.90. The number of thiazole rings is 1. The van der Waals surface area contributed by atoms with Crippen LogP contribution in [0.1, 0.15) is 16.0 Å². The maximum absolute atomic E-state index is 12.2. The quantitative estimate of drug-likeness (QED) is 0.905. The van der Waals surface area contributed by atoms with Crippen molar-refractivity contribution in [1.29, 1.82) is 0 Å². The van der Waals surface area contributed by atoms with Gasteiger partial charge in [0, 0.05) is 24.2 Å². The zero-order valence-electron chi connectivity index (χ0n) is 12.8. The number of hydrogen-bond acceptors (Lipinski definition) is 4. The monoisotopic (exact) mass is 330 g/mol. The predicted octanol–water partition coefficient (Wildman–Crippen LogP) is 2.16. The van der Waals surface area contributed by atoms with Crippen molar-refractivity contribution in [2.45, 2.75) is 19.9 Å². The number of carbonyl (C=O) groups is 2. The summed E-state index contributed by atoms with van der Waals surface area (Å²) < 4.78 is 0. The molecule has 0 fully saturated rings. The molecule has 2 aromatic rings. The van der Waals surface area contributed by atoms with Gasteiger partial charge in [-0.3, -0.25) is 4.79 Å². The molecule has 1 aromatic heterocycles. The van der Waals surface area contributed by atoms with E-state index in [0.29, 0.717) is 18.2 Å². The largest absolute Gasteiger partial charge is 0.329 e. The summed E-state index contributed by atoms with van der Waals surface area (Å²) in [7, 11) is 0. The van der Waals surface area contributed by atoms with Crippen molar-refractivity contribution in [3.63, 3.8) is 0 Å². The van der Waals surface area contributed by atoms with Gasteiger partial charge in [0.1, 0.15) is 0 Å². The number of urea groups is 1. The van der Waals surface area contributed by atoms with Gasteiger partial charge < -0.3 is 15.5 Å². The number of nitrogens with one attached hydrogen (secondary N) is 2. The van der Waals surface area contributed by atoms with Crippen molar-refractivity contribution in [1.82, 2.24) is 15.2 Å². The second kappa shape index (κ2) is 6.78. The van der Waals surface area contributed by atoms with Gasteiger partial charge in [0.25, 0.3) is 0 Å². The van der Waals surface area contributed by atoms with E-state index in [4.69, 9.17) is 0 Å². The minimum absolute atomic E-state index is 0.0599. The minimum atomic E-state index is -0.273. The number of nitrogens with zero attached hydrogens (tertiary/aromatic N) is 2. The van der Waals surface area contributed by atoms with Gasteiger partial charge in [-0.1, -0.05) is 24.3 Å². The van der Waals surface area contributed by atoms with Crippen molar-refractivity contribution >= 4 is 28.4 Å². The number of hydrogen-bond donors (Lipinski definition) is 2. The molecule has 1 aromatic carbocycles. The molecule has 0 aliphatic carbocycles. The number of fused-ring (bicyclic) bond motifs is 1. The number of carbonyl (C=O) groups excluding carboxylic acids is 2. The van der Waals surface area contributed by atoms with Crippen molar-refractivity contribution < 1.29 is 9.59 Å². The summed E-state index contributed by atoms with van der Waals surface area (Å²) in [6.45, 7) is 3.10. The first-order chi connectivity index (χ1) is 11.1. The molecule has 7 heteroatoms. The van der Waals surface area contributed by atoms with Crippen molar-refractivity contribution in [2.75, 3.05) is 18.4 Å². The molecule has 3 amide bonds. The standard InChI is InChI=1S/C16H18N4O2S/c1-11-8-17-15(23-11)19-14(21)9-18-16(22)20-7-6-12-4-2-3-5-13(12)10-20/h2-5,8H,6-7,9-10H2,1H3,(H,18,22)(H,17,19,21). The van der Waals surface area contributed by atoms with Crippen LogP contribution >= 0.6 is 11.3 Å². The number of aryl methyl sites for hydroxylation is 1. The Balaban J connectivity index is 1.49. The third-order valence-electron chi connectivity index (χ3n) is 3.69. The third kappa shape index (κ3) is 3.87. The van der Waals surface area contributed by atoms with Crippen LogP contribution in [0, 0.1) is 6.92 Å². The van der Waals surface area contributed by atoms with Gasteiger partial charge in [0.15, 0.2) is 5.13 Å². The van der Waals surface area contributed by atoms with Crippen LogP contribution in [-0.2, 0) is 17.8 Å². The second-order valence-electron chi connectivity index (χ2n) is 5.42. The minimum Gasteiger partial charge on any atom is -0.329 e. The zero-order valence-corrected chi connectivity index (χ0v) is 13.7. The van der Waals surface area contributed by atoms with Gasteiger partial charge >= 0.3 is 6.03 Å². The first kappa shape index (κ1) is 15.5. The van der Waals surface area contributed by atoms with E-state index in [1.54, 1.807) is 11.1 Å². The Labute approximate surface area is 138 Å². The molecular weight excluding hydrogens is 312 g/mol. The number of amides is 3. The fourth-order valence-corrected chi connectivity index (χ4v) is 3.19. The van der Waals surface area contributed by atoms with E-state index in [-0.39, 0.29) is 18.5 Å². The Kier molecular flexibility index (Phi) is 4.57. The van der Waals surface area contributed by atoms with Crippen molar-refractivity contribution in [3.8, 4) is 0 Å². The van der Waals surface area contributed by atoms with Gasteiger partial charge in [-0.05, 0) is 24.5 Å². The maximum Gasteiger partial charge on any atom is 0.318 e. The van der Waals surface area contributed by atoms with E-state index >= 15 is 0 Å². The zero-order chi connectivity index (χ0) is 16.2. The van der Waals surface area contributed by atoms with Gasteiger partial charge in [0.2, 0.25) is 5.91 Å². The highest BCUT2D eigenvalue weighted by atomic mass is 32.1. The predicted molar refractivity (Wildman–Crippen MR) is 89.4 cm³/mol. The molecule has 0 radical (unpaired) electrons. The first-order valence-electron chi connectivity index (χ1n) is 7.43.